The van der Waals surface area contributed by atoms with Gasteiger partial charge in [-0.2, -0.15) is 0 Å². The summed E-state index contributed by atoms with van der Waals surface area (Å²) in [6, 6.07) is 7.33. The smallest absolute Gasteiger partial charge is 0.411 e. The van der Waals surface area contributed by atoms with Crippen molar-refractivity contribution in [1.82, 2.24) is 4.90 Å². The Morgan fingerprint density at radius 2 is 2.00 bits per heavy atom. The van der Waals surface area contributed by atoms with E-state index in [9.17, 15) is 14.0 Å². The molecule has 5 nitrogen and oxygen atoms in total. The van der Waals surface area contributed by atoms with Crippen molar-refractivity contribution in [3.63, 3.8) is 0 Å². The van der Waals surface area contributed by atoms with Gasteiger partial charge < -0.3 is 9.84 Å². The van der Waals surface area contributed by atoms with Gasteiger partial charge in [-0.05, 0) is 18.4 Å². The van der Waals surface area contributed by atoms with E-state index in [0.29, 0.717) is 6.42 Å². The first-order valence-electron chi connectivity index (χ1n) is 6.41. The highest BCUT2D eigenvalue weighted by Gasteiger charge is 2.41. The number of benzene rings is 1. The minimum absolute atomic E-state index is 0.0432. The van der Waals surface area contributed by atoms with Crippen LogP contribution < -0.4 is 0 Å². The molecule has 2 atom stereocenters. The number of halogens is 1. The van der Waals surface area contributed by atoms with Crippen molar-refractivity contribution in [3.8, 4) is 0 Å². The van der Waals surface area contributed by atoms with Gasteiger partial charge in [-0.3, -0.25) is 4.90 Å². The van der Waals surface area contributed by atoms with E-state index in [1.807, 2.05) is 18.2 Å². The summed E-state index contributed by atoms with van der Waals surface area (Å²) in [6.45, 7) is -0.717. The number of carboxylic acids is 1. The molecule has 0 radical (unpaired) electrons. The van der Waals surface area contributed by atoms with Crippen LogP contribution in [0.5, 0.6) is 0 Å². The van der Waals surface area contributed by atoms with E-state index in [4.69, 9.17) is 9.84 Å². The third kappa shape index (κ3) is 3.07. The van der Waals surface area contributed by atoms with Gasteiger partial charge >= 0.3 is 12.1 Å². The van der Waals surface area contributed by atoms with Crippen molar-refractivity contribution in [1.29, 1.82) is 0 Å². The van der Waals surface area contributed by atoms with Crippen LogP contribution in [0.1, 0.15) is 18.4 Å². The Kier molecular flexibility index (Phi) is 4.55. The number of ether oxygens (including phenoxy) is 1. The second-order valence-corrected chi connectivity index (χ2v) is 4.69. The zero-order valence-electron chi connectivity index (χ0n) is 10.9. The molecule has 1 N–H and O–H groups in total. The zero-order valence-corrected chi connectivity index (χ0v) is 10.9. The van der Waals surface area contributed by atoms with E-state index in [2.05, 4.69) is 0 Å². The van der Waals surface area contributed by atoms with Crippen LogP contribution in [-0.4, -0.2) is 40.8 Å². The fraction of sp³-hybridized carbons (Fsp3) is 0.429. The van der Waals surface area contributed by atoms with Crippen LogP contribution in [-0.2, 0) is 16.1 Å². The maximum atomic E-state index is 12.9. The van der Waals surface area contributed by atoms with Gasteiger partial charge in [-0.25, -0.2) is 14.0 Å². The fourth-order valence-electron chi connectivity index (χ4n) is 2.35. The quantitative estimate of drug-likeness (QED) is 0.918. The Morgan fingerprint density at radius 3 is 2.60 bits per heavy atom. The maximum absolute atomic E-state index is 12.9. The van der Waals surface area contributed by atoms with Crippen LogP contribution in [0, 0.1) is 0 Å². The normalized spacial score (nSPS) is 21.8. The molecule has 108 valence electrons. The molecule has 1 fully saturated rings. The number of aliphatic carboxylic acids is 1. The van der Waals surface area contributed by atoms with E-state index < -0.39 is 30.8 Å². The number of carboxylic acid groups (broad SMARTS) is 1. The Labute approximate surface area is 116 Å². The summed E-state index contributed by atoms with van der Waals surface area (Å²) < 4.78 is 17.9. The average Bonchev–Trinajstić information content (AvgIpc) is 2.90. The number of rotatable bonds is 4. The maximum Gasteiger partial charge on any atom is 0.411 e. The van der Waals surface area contributed by atoms with Gasteiger partial charge in [0, 0.05) is 0 Å². The van der Waals surface area contributed by atoms with Crippen molar-refractivity contribution < 1.29 is 23.8 Å². The molecule has 0 aromatic heterocycles. The van der Waals surface area contributed by atoms with Crippen molar-refractivity contribution in [2.45, 2.75) is 31.5 Å². The van der Waals surface area contributed by atoms with Crippen LogP contribution in [0.15, 0.2) is 30.3 Å². The zero-order chi connectivity index (χ0) is 14.5. The van der Waals surface area contributed by atoms with Crippen molar-refractivity contribution in [2.75, 3.05) is 6.67 Å². The topological polar surface area (TPSA) is 66.8 Å². The highest BCUT2D eigenvalue weighted by molar-refractivity contribution is 5.81. The average molecular weight is 281 g/mol. The Bertz CT molecular complexity index is 479. The standard InChI is InChI=1S/C14H16FNO4/c15-8-11-6-7-12(13(17)18)16(11)14(19)20-9-10-4-2-1-3-5-10/h1-5,11-12H,6-9H2,(H,17,18)/t11-,12-/m0/s1. The molecule has 20 heavy (non-hydrogen) atoms. The third-order valence-electron chi connectivity index (χ3n) is 3.38. The summed E-state index contributed by atoms with van der Waals surface area (Å²) in [5.41, 5.74) is 0.795. The first-order chi connectivity index (χ1) is 9.63. The summed E-state index contributed by atoms with van der Waals surface area (Å²) in [5, 5.41) is 9.06. The lowest BCUT2D eigenvalue weighted by Gasteiger charge is -2.25. The summed E-state index contributed by atoms with van der Waals surface area (Å²) >= 11 is 0. The van der Waals surface area contributed by atoms with Gasteiger partial charge in [-0.1, -0.05) is 30.3 Å². The third-order valence-corrected chi connectivity index (χ3v) is 3.38. The minimum atomic E-state index is -1.13. The predicted octanol–water partition coefficient (Wildman–Crippen LogP) is 2.21. The molecule has 0 unspecified atom stereocenters. The van der Waals surface area contributed by atoms with E-state index in [1.165, 1.54) is 0 Å². The predicted molar refractivity (Wildman–Crippen MR) is 68.9 cm³/mol. The number of hydrogen-bond acceptors (Lipinski definition) is 3. The van der Waals surface area contributed by atoms with Crippen LogP contribution in [0.3, 0.4) is 0 Å². The molecule has 1 amide bonds. The van der Waals surface area contributed by atoms with Gasteiger partial charge in [-0.15, -0.1) is 0 Å². The SMILES string of the molecule is O=C(O)[C@@H]1CC[C@@H](CF)N1C(=O)OCc1ccccc1. The molecule has 0 spiro atoms. The largest absolute Gasteiger partial charge is 0.480 e. The molecule has 1 aliphatic heterocycles. The molecule has 1 aromatic rings. The molecule has 1 heterocycles. The Hall–Kier alpha value is -2.11. The fourth-order valence-corrected chi connectivity index (χ4v) is 2.35. The lowest BCUT2D eigenvalue weighted by molar-refractivity contribution is -0.142. The molecule has 0 bridgehead atoms. The molecule has 1 aliphatic rings. The van der Waals surface area contributed by atoms with Crippen LogP contribution >= 0.6 is 0 Å². The number of amides is 1. The summed E-state index contributed by atoms with van der Waals surface area (Å²) in [4.78, 5) is 24.1. The number of carbonyl (C=O) groups is 2. The van der Waals surface area contributed by atoms with Gasteiger partial charge in [0.05, 0.1) is 6.04 Å². The van der Waals surface area contributed by atoms with Gasteiger partial charge in [0.2, 0.25) is 0 Å². The number of carbonyl (C=O) groups excluding carboxylic acids is 1. The molecular weight excluding hydrogens is 265 g/mol. The molecule has 0 saturated carbocycles. The first kappa shape index (κ1) is 14.3. The summed E-state index contributed by atoms with van der Waals surface area (Å²) in [5.74, 6) is -1.13. The van der Waals surface area contributed by atoms with Crippen LogP contribution in [0.4, 0.5) is 9.18 Å². The first-order valence-corrected chi connectivity index (χ1v) is 6.41. The monoisotopic (exact) mass is 281 g/mol. The summed E-state index contributed by atoms with van der Waals surface area (Å²) in [6.07, 6.45) is -0.181. The van der Waals surface area contributed by atoms with E-state index in [1.54, 1.807) is 12.1 Å². The highest BCUT2D eigenvalue weighted by Crippen LogP contribution is 2.26. The Morgan fingerprint density at radius 1 is 1.30 bits per heavy atom. The van der Waals surface area contributed by atoms with Gasteiger partial charge in [0.1, 0.15) is 19.3 Å². The van der Waals surface area contributed by atoms with Gasteiger partial charge in [0.15, 0.2) is 0 Å². The second kappa shape index (κ2) is 6.36. The number of nitrogens with zero attached hydrogens (tertiary/aromatic N) is 1. The lowest BCUT2D eigenvalue weighted by Crippen LogP contribution is -2.45. The molecule has 2 rings (SSSR count). The van der Waals surface area contributed by atoms with Crippen molar-refractivity contribution in [2.24, 2.45) is 0 Å². The minimum Gasteiger partial charge on any atom is -0.480 e. The molecular formula is C14H16FNO4. The van der Waals surface area contributed by atoms with Crippen LogP contribution in [0.2, 0.25) is 0 Å². The van der Waals surface area contributed by atoms with E-state index in [0.717, 1.165) is 10.5 Å². The van der Waals surface area contributed by atoms with Gasteiger partial charge in [0.25, 0.3) is 0 Å². The Balaban J connectivity index is 2.00. The van der Waals surface area contributed by atoms with Crippen molar-refractivity contribution in [3.05, 3.63) is 35.9 Å². The molecule has 0 aliphatic carbocycles. The summed E-state index contributed by atoms with van der Waals surface area (Å²) in [7, 11) is 0. The van der Waals surface area contributed by atoms with Crippen molar-refractivity contribution >= 4 is 12.1 Å². The number of hydrogen-bond donors (Lipinski definition) is 1. The lowest BCUT2D eigenvalue weighted by atomic mass is 10.2. The molecule has 6 heteroatoms. The molecule has 1 saturated heterocycles. The van der Waals surface area contributed by atoms with Crippen LogP contribution in [0.25, 0.3) is 0 Å². The van der Waals surface area contributed by atoms with E-state index >= 15 is 0 Å². The number of alkyl halides is 1. The highest BCUT2D eigenvalue weighted by atomic mass is 19.1. The second-order valence-electron chi connectivity index (χ2n) is 4.69. The van der Waals surface area contributed by atoms with E-state index in [-0.39, 0.29) is 13.0 Å². The number of likely N-dealkylation sites (tertiary alicyclic amines) is 1. The molecule has 1 aromatic carbocycles.